The van der Waals surface area contributed by atoms with E-state index in [1.165, 1.54) is 44.9 Å². The highest BCUT2D eigenvalue weighted by Gasteiger charge is 2.47. The number of unbranched alkanes of at least 4 members (excludes halogenated alkanes) is 15. The highest BCUT2D eigenvalue weighted by Crippen LogP contribution is 2.26. The molecule has 0 aromatic carbocycles. The normalized spacial score (nSPS) is 26.3. The number of ether oxygens (including phenoxy) is 6. The molecule has 0 spiro atoms. The van der Waals surface area contributed by atoms with Crippen molar-refractivity contribution in [1.29, 1.82) is 0 Å². The maximum atomic E-state index is 13.0. The van der Waals surface area contributed by atoms with Crippen LogP contribution in [0.3, 0.4) is 0 Å². The van der Waals surface area contributed by atoms with Crippen LogP contribution < -0.4 is 0 Å². The fourth-order valence-electron chi connectivity index (χ4n) is 7.93. The van der Waals surface area contributed by atoms with Gasteiger partial charge in [0.25, 0.3) is 0 Å². The summed E-state index contributed by atoms with van der Waals surface area (Å²) in [6.45, 7) is 3.53. The fourth-order valence-corrected chi connectivity index (χ4v) is 7.93. The van der Waals surface area contributed by atoms with E-state index < -0.39 is 86.7 Å². The monoisotopic (exact) mass is 979 g/mol. The molecule has 69 heavy (non-hydrogen) atoms. The van der Waals surface area contributed by atoms with E-state index in [9.17, 15) is 40.5 Å². The molecule has 2 aliphatic rings. The van der Waals surface area contributed by atoms with Crippen LogP contribution in [0.15, 0.2) is 72.9 Å². The molecule has 14 nitrogen and oxygen atoms in total. The fraction of sp³-hybridized carbons (Fsp3) is 0.764. The lowest BCUT2D eigenvalue weighted by Crippen LogP contribution is -2.61. The molecule has 7 N–H and O–H groups in total. The van der Waals surface area contributed by atoms with Gasteiger partial charge in [-0.15, -0.1) is 0 Å². The van der Waals surface area contributed by atoms with Crippen LogP contribution in [0.5, 0.6) is 0 Å². The van der Waals surface area contributed by atoms with Crippen LogP contribution in [0.4, 0.5) is 0 Å². The number of carbonyl (C=O) groups is 1. The van der Waals surface area contributed by atoms with Crippen LogP contribution in [-0.4, -0.2) is 142 Å². The molecule has 2 fully saturated rings. The molecule has 0 bridgehead atoms. The minimum Gasteiger partial charge on any atom is -0.457 e. The highest BCUT2D eigenvalue weighted by atomic mass is 16.7. The molecule has 0 aliphatic carbocycles. The van der Waals surface area contributed by atoms with Crippen molar-refractivity contribution in [1.82, 2.24) is 0 Å². The number of aliphatic hydroxyl groups is 7. The Morgan fingerprint density at radius 2 is 0.942 bits per heavy atom. The van der Waals surface area contributed by atoms with Gasteiger partial charge < -0.3 is 64.2 Å². The highest BCUT2D eigenvalue weighted by molar-refractivity contribution is 5.69. The molecule has 0 radical (unpaired) electrons. The van der Waals surface area contributed by atoms with E-state index in [-0.39, 0.29) is 19.6 Å². The SMILES string of the molecule is CC/C=C\C/C=C\C/C=C\C/C=C\C/C=C\C/C=C\CCCCCCCCC(=O)OC(COCCCCCCCCCCCC)COC1OC(COC2OC(CO)C(O)C(O)C2O)C(O)C(O)C1O. The summed E-state index contributed by atoms with van der Waals surface area (Å²) in [5.74, 6) is -0.393. The van der Waals surface area contributed by atoms with Crippen molar-refractivity contribution in [2.75, 3.05) is 33.0 Å². The topological polar surface area (TPSA) is 214 Å². The van der Waals surface area contributed by atoms with Crippen molar-refractivity contribution in [3.8, 4) is 0 Å². The van der Waals surface area contributed by atoms with Crippen molar-refractivity contribution < 1.29 is 69.0 Å². The maximum absolute atomic E-state index is 13.0. The third kappa shape index (κ3) is 29.5. The molecule has 0 aromatic rings. The summed E-state index contributed by atoms with van der Waals surface area (Å²) in [6, 6.07) is 0. The van der Waals surface area contributed by atoms with Crippen molar-refractivity contribution in [3.63, 3.8) is 0 Å². The first kappa shape index (κ1) is 62.5. The minimum absolute atomic E-state index is 0.0532. The van der Waals surface area contributed by atoms with Crippen LogP contribution in [-0.2, 0) is 33.2 Å². The summed E-state index contributed by atoms with van der Waals surface area (Å²) in [6.07, 6.45) is 35.4. The van der Waals surface area contributed by atoms with E-state index in [4.69, 9.17) is 28.4 Å². The van der Waals surface area contributed by atoms with Crippen LogP contribution in [0.25, 0.3) is 0 Å². The van der Waals surface area contributed by atoms with Crippen molar-refractivity contribution >= 4 is 5.97 Å². The second-order valence-corrected chi connectivity index (χ2v) is 18.3. The minimum atomic E-state index is -1.71. The molecule has 2 rings (SSSR count). The first-order chi connectivity index (χ1) is 33.6. The first-order valence-corrected chi connectivity index (χ1v) is 26.5. The van der Waals surface area contributed by atoms with Gasteiger partial charge in [0, 0.05) is 13.0 Å². The standard InChI is InChI=1S/C55H94O14/c1-3-5-7-9-11-13-15-16-17-18-19-20-21-22-23-24-25-26-27-28-29-30-32-34-36-38-47(57)67-44(41-64-39-37-35-33-31-14-12-10-8-6-4-2)42-65-54-53(63)51(61)49(59)46(69-54)43-66-55-52(62)50(60)48(58)45(40-56)68-55/h5,7,11,13,16-17,19-20,22-23,25-26,44-46,48-56,58-63H,3-4,6,8-10,12,14-15,18,21,24,27-43H2,1-2H3/b7-5-,13-11-,17-16-,20-19-,23-22-,26-25-. The quantitative estimate of drug-likeness (QED) is 0.0175. The Bertz CT molecular complexity index is 1410. The summed E-state index contributed by atoms with van der Waals surface area (Å²) in [5.41, 5.74) is 0. The van der Waals surface area contributed by atoms with Crippen molar-refractivity contribution in [3.05, 3.63) is 72.9 Å². The number of rotatable bonds is 41. The Morgan fingerprint density at radius 3 is 1.48 bits per heavy atom. The lowest BCUT2D eigenvalue weighted by molar-refractivity contribution is -0.332. The number of hydrogen-bond donors (Lipinski definition) is 7. The molecule has 2 saturated heterocycles. The maximum Gasteiger partial charge on any atom is 0.306 e. The zero-order valence-corrected chi connectivity index (χ0v) is 42.3. The van der Waals surface area contributed by atoms with Crippen LogP contribution in [0, 0.1) is 0 Å². The Labute approximate surface area is 415 Å². The van der Waals surface area contributed by atoms with Crippen molar-refractivity contribution in [2.24, 2.45) is 0 Å². The molecular weight excluding hydrogens is 885 g/mol. The van der Waals surface area contributed by atoms with Gasteiger partial charge in [-0.3, -0.25) is 4.79 Å². The zero-order chi connectivity index (χ0) is 50.2. The van der Waals surface area contributed by atoms with Gasteiger partial charge in [-0.1, -0.05) is 170 Å². The van der Waals surface area contributed by atoms with Gasteiger partial charge in [0.15, 0.2) is 12.6 Å². The van der Waals surface area contributed by atoms with Gasteiger partial charge in [0.2, 0.25) is 0 Å². The Morgan fingerprint density at radius 1 is 0.493 bits per heavy atom. The number of esters is 1. The smallest absolute Gasteiger partial charge is 0.306 e. The van der Waals surface area contributed by atoms with Gasteiger partial charge >= 0.3 is 5.97 Å². The van der Waals surface area contributed by atoms with Crippen LogP contribution in [0.1, 0.15) is 168 Å². The second-order valence-electron chi connectivity index (χ2n) is 18.3. The molecule has 2 aliphatic heterocycles. The Balaban J connectivity index is 1.72. The van der Waals surface area contributed by atoms with Crippen LogP contribution in [0.2, 0.25) is 0 Å². The van der Waals surface area contributed by atoms with E-state index in [0.29, 0.717) is 13.0 Å². The number of allylic oxidation sites excluding steroid dienone is 12. The predicted molar refractivity (Wildman–Crippen MR) is 270 cm³/mol. The molecule has 11 unspecified atom stereocenters. The summed E-state index contributed by atoms with van der Waals surface area (Å²) < 4.78 is 34.2. The van der Waals surface area contributed by atoms with Gasteiger partial charge in [-0.2, -0.15) is 0 Å². The Kier molecular flexibility index (Phi) is 38.1. The van der Waals surface area contributed by atoms with Gasteiger partial charge in [0.1, 0.15) is 54.9 Å². The molecule has 398 valence electrons. The van der Waals surface area contributed by atoms with Gasteiger partial charge in [-0.05, 0) is 64.2 Å². The van der Waals surface area contributed by atoms with E-state index in [0.717, 1.165) is 96.3 Å². The third-order valence-corrected chi connectivity index (χ3v) is 12.2. The predicted octanol–water partition coefficient (Wildman–Crippen LogP) is 8.29. The number of hydrogen-bond acceptors (Lipinski definition) is 14. The van der Waals surface area contributed by atoms with Crippen molar-refractivity contribution in [2.45, 2.75) is 235 Å². The zero-order valence-electron chi connectivity index (χ0n) is 42.3. The van der Waals surface area contributed by atoms with E-state index >= 15 is 0 Å². The Hall–Kier alpha value is -2.57. The summed E-state index contributed by atoms with van der Waals surface area (Å²) in [5, 5.41) is 72.1. The third-order valence-electron chi connectivity index (χ3n) is 12.2. The van der Waals surface area contributed by atoms with Gasteiger partial charge in [0.05, 0.1) is 26.4 Å². The molecule has 0 amide bonds. The molecule has 14 heteroatoms. The summed E-state index contributed by atoms with van der Waals surface area (Å²) >= 11 is 0. The average molecular weight is 979 g/mol. The molecular formula is C55H94O14. The molecule has 0 aromatic heterocycles. The lowest BCUT2D eigenvalue weighted by Gasteiger charge is -2.42. The number of aliphatic hydroxyl groups excluding tert-OH is 7. The van der Waals surface area contributed by atoms with E-state index in [1.807, 2.05) is 0 Å². The van der Waals surface area contributed by atoms with Crippen LogP contribution >= 0.6 is 0 Å². The lowest BCUT2D eigenvalue weighted by atomic mass is 9.98. The average Bonchev–Trinajstić information content (AvgIpc) is 3.35. The molecule has 0 saturated carbocycles. The summed E-state index contributed by atoms with van der Waals surface area (Å²) in [7, 11) is 0. The largest absolute Gasteiger partial charge is 0.457 e. The first-order valence-electron chi connectivity index (χ1n) is 26.5. The van der Waals surface area contributed by atoms with E-state index in [1.54, 1.807) is 0 Å². The molecule has 11 atom stereocenters. The second kappa shape index (κ2) is 42.0. The number of carbonyl (C=O) groups excluding carboxylic acids is 1. The molecule has 2 heterocycles. The van der Waals surface area contributed by atoms with E-state index in [2.05, 4.69) is 86.8 Å². The summed E-state index contributed by atoms with van der Waals surface area (Å²) in [4.78, 5) is 13.0. The van der Waals surface area contributed by atoms with Gasteiger partial charge in [-0.25, -0.2) is 0 Å².